The highest BCUT2D eigenvalue weighted by atomic mass is 32.2. The van der Waals surface area contributed by atoms with Crippen LogP contribution >= 0.6 is 0 Å². The molecule has 160 valence electrons. The molecule has 0 spiro atoms. The first-order chi connectivity index (χ1) is 14.1. The number of nitrogens with one attached hydrogen (secondary N) is 1. The van der Waals surface area contributed by atoms with E-state index in [1.807, 2.05) is 0 Å². The molecule has 30 heavy (non-hydrogen) atoms. The molecule has 2 aromatic carbocycles. The van der Waals surface area contributed by atoms with Crippen LogP contribution in [0.4, 0.5) is 20.2 Å². The van der Waals surface area contributed by atoms with E-state index >= 15 is 0 Å². The van der Waals surface area contributed by atoms with Gasteiger partial charge in [0.1, 0.15) is 16.5 Å². The monoisotopic (exact) mass is 441 g/mol. The molecule has 1 aliphatic rings. The normalized spacial score (nSPS) is 15.0. The Morgan fingerprint density at radius 2 is 1.83 bits per heavy atom. The smallest absolute Gasteiger partial charge is 0.276 e. The van der Waals surface area contributed by atoms with Crippen molar-refractivity contribution < 1.29 is 31.7 Å². The molecule has 3 rings (SSSR count). The van der Waals surface area contributed by atoms with Crippen molar-refractivity contribution in [2.75, 3.05) is 31.6 Å². The molecule has 1 fully saturated rings. The number of anilines is 1. The predicted molar refractivity (Wildman–Crippen MR) is 102 cm³/mol. The lowest BCUT2D eigenvalue weighted by Crippen LogP contribution is -2.40. The lowest BCUT2D eigenvalue weighted by molar-refractivity contribution is -0.385. The second-order valence-corrected chi connectivity index (χ2v) is 8.38. The van der Waals surface area contributed by atoms with Gasteiger partial charge in [-0.05, 0) is 31.2 Å². The fourth-order valence-corrected chi connectivity index (χ4v) is 4.39. The van der Waals surface area contributed by atoms with E-state index in [4.69, 9.17) is 4.74 Å². The van der Waals surface area contributed by atoms with Gasteiger partial charge in [0.05, 0.1) is 23.7 Å². The minimum absolute atomic E-state index is 0.0602. The van der Waals surface area contributed by atoms with Gasteiger partial charge >= 0.3 is 0 Å². The van der Waals surface area contributed by atoms with Gasteiger partial charge < -0.3 is 10.1 Å². The standard InChI is InChI=1S/C18H17F2N3O6S/c1-11-15(20)8-12(9-16(11)23(25)26)18(24)21-13-2-3-14(19)17(10-13)30(27,28)22-4-6-29-7-5-22/h2-3,8-10H,4-7H2,1H3,(H,21,24). The molecule has 2 aromatic rings. The largest absolute Gasteiger partial charge is 0.379 e. The van der Waals surface area contributed by atoms with E-state index in [0.29, 0.717) is 0 Å². The van der Waals surface area contributed by atoms with Crippen molar-refractivity contribution in [2.45, 2.75) is 11.8 Å². The Balaban J connectivity index is 1.90. The third kappa shape index (κ3) is 4.30. The summed E-state index contributed by atoms with van der Waals surface area (Å²) in [7, 11) is -4.17. The number of ether oxygens (including phenoxy) is 1. The minimum atomic E-state index is -4.17. The van der Waals surface area contributed by atoms with Crippen molar-refractivity contribution in [1.29, 1.82) is 0 Å². The summed E-state index contributed by atoms with van der Waals surface area (Å²) in [6.07, 6.45) is 0. The van der Waals surface area contributed by atoms with Crippen molar-refractivity contribution in [1.82, 2.24) is 4.31 Å². The minimum Gasteiger partial charge on any atom is -0.379 e. The number of morpholine rings is 1. The first-order valence-electron chi connectivity index (χ1n) is 8.74. The number of hydrogen-bond acceptors (Lipinski definition) is 6. The number of hydrogen-bond donors (Lipinski definition) is 1. The van der Waals surface area contributed by atoms with E-state index < -0.39 is 43.1 Å². The van der Waals surface area contributed by atoms with E-state index in [1.54, 1.807) is 0 Å². The van der Waals surface area contributed by atoms with Crippen molar-refractivity contribution in [2.24, 2.45) is 0 Å². The summed E-state index contributed by atoms with van der Waals surface area (Å²) in [5.74, 6) is -2.86. The van der Waals surface area contributed by atoms with Crippen LogP contribution in [0.3, 0.4) is 0 Å². The lowest BCUT2D eigenvalue weighted by Gasteiger charge is -2.26. The quantitative estimate of drug-likeness (QED) is 0.562. The average Bonchev–Trinajstić information content (AvgIpc) is 2.71. The highest BCUT2D eigenvalue weighted by molar-refractivity contribution is 7.89. The van der Waals surface area contributed by atoms with Crippen LogP contribution in [0, 0.1) is 28.7 Å². The molecule has 12 heteroatoms. The van der Waals surface area contributed by atoms with Crippen LogP contribution in [-0.2, 0) is 14.8 Å². The fraction of sp³-hybridized carbons (Fsp3) is 0.278. The summed E-state index contributed by atoms with van der Waals surface area (Å²) < 4.78 is 59.8. The zero-order valence-electron chi connectivity index (χ0n) is 15.7. The zero-order chi connectivity index (χ0) is 22.1. The fourth-order valence-electron chi connectivity index (χ4n) is 2.89. The van der Waals surface area contributed by atoms with Gasteiger partial charge in [-0.3, -0.25) is 14.9 Å². The number of nitrogens with zero attached hydrogens (tertiary/aromatic N) is 2. The van der Waals surface area contributed by atoms with E-state index in [0.717, 1.165) is 34.6 Å². The summed E-state index contributed by atoms with van der Waals surface area (Å²) in [5.41, 5.74) is -1.21. The van der Waals surface area contributed by atoms with E-state index in [-0.39, 0.29) is 43.1 Å². The molecule has 1 saturated heterocycles. The number of rotatable bonds is 5. The Morgan fingerprint density at radius 3 is 2.47 bits per heavy atom. The van der Waals surface area contributed by atoms with Crippen LogP contribution in [0.25, 0.3) is 0 Å². The molecule has 0 aromatic heterocycles. The molecule has 1 heterocycles. The number of sulfonamides is 1. The second kappa shape index (κ2) is 8.42. The molecule has 1 N–H and O–H groups in total. The molecule has 0 saturated carbocycles. The lowest BCUT2D eigenvalue weighted by atomic mass is 10.1. The molecule has 0 aliphatic carbocycles. The zero-order valence-corrected chi connectivity index (χ0v) is 16.5. The van der Waals surface area contributed by atoms with Crippen LogP contribution in [0.1, 0.15) is 15.9 Å². The Morgan fingerprint density at radius 1 is 1.17 bits per heavy atom. The maximum absolute atomic E-state index is 14.2. The van der Waals surface area contributed by atoms with Crippen molar-refractivity contribution >= 4 is 27.3 Å². The highest BCUT2D eigenvalue weighted by Gasteiger charge is 2.29. The van der Waals surface area contributed by atoms with E-state index in [1.165, 1.54) is 6.92 Å². The van der Waals surface area contributed by atoms with Crippen LogP contribution < -0.4 is 5.32 Å². The van der Waals surface area contributed by atoms with Gasteiger partial charge in [0.15, 0.2) is 0 Å². The van der Waals surface area contributed by atoms with Gasteiger partial charge in [-0.2, -0.15) is 4.31 Å². The number of nitro benzene ring substituents is 1. The van der Waals surface area contributed by atoms with Crippen LogP contribution in [0.5, 0.6) is 0 Å². The number of carbonyl (C=O) groups is 1. The third-order valence-corrected chi connectivity index (χ3v) is 6.47. The predicted octanol–water partition coefficient (Wildman–Crippen LogP) is 2.45. The first kappa shape index (κ1) is 21.7. The van der Waals surface area contributed by atoms with Gasteiger partial charge in [-0.15, -0.1) is 0 Å². The van der Waals surface area contributed by atoms with Crippen LogP contribution in [0.2, 0.25) is 0 Å². The highest BCUT2D eigenvalue weighted by Crippen LogP contribution is 2.26. The van der Waals surface area contributed by atoms with E-state index in [2.05, 4.69) is 5.32 Å². The number of amides is 1. The van der Waals surface area contributed by atoms with Gasteiger partial charge in [-0.25, -0.2) is 17.2 Å². The molecule has 0 radical (unpaired) electrons. The molecule has 1 aliphatic heterocycles. The topological polar surface area (TPSA) is 119 Å². The Hall–Kier alpha value is -2.96. The Kier molecular flexibility index (Phi) is 6.10. The summed E-state index contributed by atoms with van der Waals surface area (Å²) in [6, 6.07) is 4.68. The van der Waals surface area contributed by atoms with E-state index in [9.17, 15) is 32.1 Å². The van der Waals surface area contributed by atoms with Gasteiger partial charge in [0, 0.05) is 30.4 Å². The maximum atomic E-state index is 14.2. The Bertz CT molecular complexity index is 1120. The van der Waals surface area contributed by atoms with Gasteiger partial charge in [0.25, 0.3) is 11.6 Å². The average molecular weight is 441 g/mol. The summed E-state index contributed by atoms with van der Waals surface area (Å²) in [4.78, 5) is 22.0. The van der Waals surface area contributed by atoms with Gasteiger partial charge in [0.2, 0.25) is 10.0 Å². The van der Waals surface area contributed by atoms with Crippen LogP contribution in [-0.4, -0.2) is 49.9 Å². The summed E-state index contributed by atoms with van der Waals surface area (Å²) >= 11 is 0. The van der Waals surface area contributed by atoms with Crippen molar-refractivity contribution in [3.63, 3.8) is 0 Å². The Labute approximate surface area is 170 Å². The molecular formula is C18H17F2N3O6S. The van der Waals surface area contributed by atoms with Crippen molar-refractivity contribution in [3.8, 4) is 0 Å². The molecular weight excluding hydrogens is 424 g/mol. The molecule has 0 bridgehead atoms. The van der Waals surface area contributed by atoms with Crippen molar-refractivity contribution in [3.05, 3.63) is 63.2 Å². The number of nitro groups is 1. The molecule has 1 amide bonds. The molecule has 0 unspecified atom stereocenters. The van der Waals surface area contributed by atoms with Crippen LogP contribution in [0.15, 0.2) is 35.2 Å². The summed E-state index contributed by atoms with van der Waals surface area (Å²) in [5, 5.41) is 13.3. The molecule has 0 atom stereocenters. The summed E-state index contributed by atoms with van der Waals surface area (Å²) in [6.45, 7) is 1.68. The second-order valence-electron chi connectivity index (χ2n) is 6.48. The number of carbonyl (C=O) groups excluding carboxylic acids is 1. The molecule has 9 nitrogen and oxygen atoms in total. The number of halogens is 2. The number of benzene rings is 2. The van der Waals surface area contributed by atoms with Gasteiger partial charge in [-0.1, -0.05) is 0 Å². The third-order valence-electron chi connectivity index (χ3n) is 4.55. The first-order valence-corrected chi connectivity index (χ1v) is 10.2. The maximum Gasteiger partial charge on any atom is 0.276 e. The SMILES string of the molecule is Cc1c(F)cc(C(=O)Nc2ccc(F)c(S(=O)(=O)N3CCOCC3)c2)cc1[N+](=O)[O-].